The van der Waals surface area contributed by atoms with Crippen molar-refractivity contribution in [1.82, 2.24) is 4.90 Å². The maximum Gasteiger partial charge on any atom is 0.321 e. The molecule has 1 aromatic rings. The molecule has 6 heteroatoms. The van der Waals surface area contributed by atoms with Crippen LogP contribution in [0.15, 0.2) is 12.1 Å². The molecular weight excluding hydrogens is 478 g/mol. The number of carboxylic acids is 2. The Morgan fingerprint density at radius 1 is 0.921 bits per heavy atom. The molecule has 0 radical (unpaired) electrons. The number of aliphatic carboxylic acids is 2. The second kappa shape index (κ2) is 10.5. The van der Waals surface area contributed by atoms with E-state index in [0.717, 1.165) is 16.7 Å². The number of phenolic OH excluding ortho intramolecular Hbond substituents is 1. The summed E-state index contributed by atoms with van der Waals surface area (Å²) in [4.78, 5) is 28.7. The molecule has 1 aromatic carbocycles. The van der Waals surface area contributed by atoms with Crippen LogP contribution in [0.3, 0.4) is 0 Å². The molecule has 1 saturated heterocycles. The molecule has 0 saturated carbocycles. The van der Waals surface area contributed by atoms with E-state index in [4.69, 9.17) is 0 Å². The maximum absolute atomic E-state index is 13.2. The molecule has 6 nitrogen and oxygen atoms in total. The van der Waals surface area contributed by atoms with Crippen molar-refractivity contribution < 1.29 is 24.9 Å². The van der Waals surface area contributed by atoms with E-state index < -0.39 is 29.2 Å². The van der Waals surface area contributed by atoms with Crippen molar-refractivity contribution in [3.8, 4) is 5.75 Å². The van der Waals surface area contributed by atoms with E-state index in [0.29, 0.717) is 32.1 Å². The molecule has 0 bridgehead atoms. The van der Waals surface area contributed by atoms with E-state index in [1.165, 1.54) is 0 Å². The van der Waals surface area contributed by atoms with Crippen LogP contribution in [0.25, 0.3) is 0 Å². The molecule has 0 spiro atoms. The Bertz CT molecular complexity index is 974. The van der Waals surface area contributed by atoms with Gasteiger partial charge in [-0.3, -0.25) is 14.5 Å². The first-order chi connectivity index (χ1) is 17.0. The number of phenols is 1. The standard InChI is InChI=1S/C32H53NO5/c1-13-14-21(15-20-16-23(28(2,3)4)25(34)24(17-20)29(5,6)7)32(26(35)36,27(37)38)22-18-30(8,9)33(12)31(10,11)19-22/h16-17,21-22,34H,13-15,18-19H2,1-12H3,(H,35,36)(H,37,38). The number of piperidine rings is 1. The van der Waals surface area contributed by atoms with Crippen molar-refractivity contribution in [3.63, 3.8) is 0 Å². The summed E-state index contributed by atoms with van der Waals surface area (Å²) < 4.78 is 0. The van der Waals surface area contributed by atoms with Crippen LogP contribution in [0.4, 0.5) is 0 Å². The summed E-state index contributed by atoms with van der Waals surface area (Å²) >= 11 is 0. The molecule has 0 aromatic heterocycles. The summed E-state index contributed by atoms with van der Waals surface area (Å²) in [6.45, 7) is 22.6. The minimum atomic E-state index is -1.92. The van der Waals surface area contributed by atoms with Gasteiger partial charge in [-0.25, -0.2) is 0 Å². The maximum atomic E-state index is 13.2. The van der Waals surface area contributed by atoms with E-state index in [1.807, 2.05) is 67.6 Å². The van der Waals surface area contributed by atoms with Gasteiger partial charge in [0.2, 0.25) is 0 Å². The molecule has 1 atom stereocenters. The van der Waals surface area contributed by atoms with E-state index in [9.17, 15) is 24.9 Å². The minimum Gasteiger partial charge on any atom is -0.507 e. The molecule has 1 aliphatic heterocycles. The van der Waals surface area contributed by atoms with Crippen molar-refractivity contribution >= 4 is 11.9 Å². The van der Waals surface area contributed by atoms with Crippen LogP contribution in [-0.4, -0.2) is 50.3 Å². The lowest BCUT2D eigenvalue weighted by molar-refractivity contribution is -0.182. The second-order valence-electron chi connectivity index (χ2n) is 15.0. The first-order valence-corrected chi connectivity index (χ1v) is 14.1. The number of benzene rings is 1. The molecule has 38 heavy (non-hydrogen) atoms. The molecule has 0 aliphatic carbocycles. The Labute approximate surface area is 230 Å². The fourth-order valence-electron chi connectivity index (χ4n) is 6.90. The number of carboxylic acid groups (broad SMARTS) is 2. The number of likely N-dealkylation sites (tertiary alicyclic amines) is 1. The van der Waals surface area contributed by atoms with Crippen LogP contribution in [-0.2, 0) is 26.8 Å². The van der Waals surface area contributed by atoms with Gasteiger partial charge in [0.15, 0.2) is 5.41 Å². The Morgan fingerprint density at radius 2 is 1.32 bits per heavy atom. The molecule has 1 heterocycles. The summed E-state index contributed by atoms with van der Waals surface area (Å²) in [5, 5.41) is 32.8. The number of aromatic hydroxyl groups is 1. The molecule has 0 amide bonds. The Kier molecular flexibility index (Phi) is 8.86. The first kappa shape index (κ1) is 32.1. The van der Waals surface area contributed by atoms with Gasteiger partial charge in [-0.1, -0.05) is 67.0 Å². The number of nitrogens with zero attached hydrogens (tertiary/aromatic N) is 1. The predicted octanol–water partition coefficient (Wildman–Crippen LogP) is 7.00. The highest BCUT2D eigenvalue weighted by Crippen LogP contribution is 2.53. The highest BCUT2D eigenvalue weighted by Gasteiger charge is 2.61. The number of rotatable bonds is 8. The Balaban J connectivity index is 2.79. The average molecular weight is 532 g/mol. The summed E-state index contributed by atoms with van der Waals surface area (Å²) in [6.07, 6.45) is 2.47. The molecule has 1 aliphatic rings. The lowest BCUT2D eigenvalue weighted by Gasteiger charge is -2.57. The van der Waals surface area contributed by atoms with Crippen molar-refractivity contribution in [1.29, 1.82) is 0 Å². The van der Waals surface area contributed by atoms with Crippen LogP contribution >= 0.6 is 0 Å². The van der Waals surface area contributed by atoms with Crippen molar-refractivity contribution in [3.05, 3.63) is 28.8 Å². The fraction of sp³-hybridized carbons (Fsp3) is 0.750. The lowest BCUT2D eigenvalue weighted by Crippen LogP contribution is -2.64. The van der Waals surface area contributed by atoms with Crippen molar-refractivity contribution in [2.24, 2.45) is 17.3 Å². The van der Waals surface area contributed by atoms with Gasteiger partial charge in [0.05, 0.1) is 0 Å². The topological polar surface area (TPSA) is 98.1 Å². The van der Waals surface area contributed by atoms with Gasteiger partial charge in [-0.15, -0.1) is 0 Å². The third kappa shape index (κ3) is 5.90. The highest BCUT2D eigenvalue weighted by molar-refractivity contribution is 5.99. The molecule has 1 unspecified atom stereocenters. The van der Waals surface area contributed by atoms with Crippen LogP contribution in [0.5, 0.6) is 5.75 Å². The fourth-order valence-corrected chi connectivity index (χ4v) is 6.90. The molecule has 1 fully saturated rings. The van der Waals surface area contributed by atoms with Gasteiger partial charge in [0.1, 0.15) is 5.75 Å². The molecular formula is C32H53NO5. The van der Waals surface area contributed by atoms with Gasteiger partial charge >= 0.3 is 11.9 Å². The van der Waals surface area contributed by atoms with Gasteiger partial charge in [-0.05, 0) is 99.8 Å². The zero-order valence-corrected chi connectivity index (χ0v) is 26.0. The van der Waals surface area contributed by atoms with Gasteiger partial charge in [0, 0.05) is 11.1 Å². The minimum absolute atomic E-state index is 0.266. The van der Waals surface area contributed by atoms with E-state index >= 15 is 0 Å². The molecule has 2 rings (SSSR count). The average Bonchev–Trinajstić information content (AvgIpc) is 2.71. The summed E-state index contributed by atoms with van der Waals surface area (Å²) in [5.41, 5.74) is -0.811. The summed E-state index contributed by atoms with van der Waals surface area (Å²) in [6, 6.07) is 3.93. The van der Waals surface area contributed by atoms with Crippen molar-refractivity contribution in [2.75, 3.05) is 7.05 Å². The number of hydrogen-bond acceptors (Lipinski definition) is 4. The van der Waals surface area contributed by atoms with Crippen LogP contribution in [0.2, 0.25) is 0 Å². The van der Waals surface area contributed by atoms with E-state index in [2.05, 4.69) is 32.6 Å². The molecule has 216 valence electrons. The number of carbonyl (C=O) groups is 2. The SMILES string of the molecule is CCCC(Cc1cc(C(C)(C)C)c(O)c(C(C)(C)C)c1)C(C(=O)O)(C(=O)O)C1CC(C)(C)N(C)C(C)(C)C1. The quantitative estimate of drug-likeness (QED) is 0.312. The van der Waals surface area contributed by atoms with E-state index in [1.54, 1.807) is 0 Å². The lowest BCUT2D eigenvalue weighted by atomic mass is 9.56. The Hall–Kier alpha value is -2.08. The second-order valence-corrected chi connectivity index (χ2v) is 15.0. The predicted molar refractivity (Wildman–Crippen MR) is 154 cm³/mol. The van der Waals surface area contributed by atoms with Gasteiger partial charge in [0.25, 0.3) is 0 Å². The van der Waals surface area contributed by atoms with Crippen LogP contribution in [0, 0.1) is 17.3 Å². The summed E-state index contributed by atoms with van der Waals surface area (Å²) in [5.74, 6) is -3.35. The van der Waals surface area contributed by atoms with E-state index in [-0.39, 0.29) is 27.7 Å². The number of hydrogen-bond donors (Lipinski definition) is 3. The summed E-state index contributed by atoms with van der Waals surface area (Å²) in [7, 11) is 2.04. The van der Waals surface area contributed by atoms with Gasteiger partial charge in [-0.2, -0.15) is 0 Å². The monoisotopic (exact) mass is 531 g/mol. The van der Waals surface area contributed by atoms with Crippen LogP contribution < -0.4 is 0 Å². The zero-order valence-electron chi connectivity index (χ0n) is 26.0. The third-order valence-electron chi connectivity index (χ3n) is 9.21. The van der Waals surface area contributed by atoms with Crippen LogP contribution in [0.1, 0.15) is 119 Å². The highest BCUT2D eigenvalue weighted by atomic mass is 16.4. The van der Waals surface area contributed by atoms with Crippen molar-refractivity contribution in [2.45, 2.75) is 130 Å². The normalized spacial score (nSPS) is 19.8. The Morgan fingerprint density at radius 3 is 1.63 bits per heavy atom. The first-order valence-electron chi connectivity index (χ1n) is 14.1. The van der Waals surface area contributed by atoms with Gasteiger partial charge < -0.3 is 15.3 Å². The zero-order chi connectivity index (χ0) is 29.6. The largest absolute Gasteiger partial charge is 0.507 e. The molecule has 3 N–H and O–H groups in total. The third-order valence-corrected chi connectivity index (χ3v) is 9.21. The smallest absolute Gasteiger partial charge is 0.321 e.